The van der Waals surface area contributed by atoms with E-state index in [1.165, 1.54) is 0 Å². The molecule has 0 aromatic carbocycles. The number of alkyl halides is 2. The Bertz CT molecular complexity index is 308. The van der Waals surface area contributed by atoms with E-state index < -0.39 is 7.59 Å². The molecule has 0 aromatic heterocycles. The van der Waals surface area contributed by atoms with Crippen LogP contribution < -0.4 is 0 Å². The monoisotopic (exact) mass is 345 g/mol. The Labute approximate surface area is 131 Å². The highest BCUT2D eigenvalue weighted by Crippen LogP contribution is 2.54. The standard InChI is InChI=1S/C11H22Cl2N3OPS/c1-3-7-15(8-4-2)18(17,14-11-19)16(9-5-12)10-6-13/h3-10H2,1-2H3. The van der Waals surface area contributed by atoms with Crippen LogP contribution in [0.2, 0.25) is 0 Å². The first-order valence-corrected chi connectivity index (χ1v) is 9.47. The molecule has 0 aliphatic rings. The van der Waals surface area contributed by atoms with E-state index in [2.05, 4.69) is 22.1 Å². The van der Waals surface area contributed by atoms with Gasteiger partial charge >= 0.3 is 7.59 Å². The average molecular weight is 346 g/mol. The molecule has 4 nitrogen and oxygen atoms in total. The number of thiocarbonyl (C=S) groups is 1. The zero-order chi connectivity index (χ0) is 14.7. The van der Waals surface area contributed by atoms with E-state index >= 15 is 0 Å². The molecule has 0 aliphatic heterocycles. The van der Waals surface area contributed by atoms with Gasteiger partial charge in [0.25, 0.3) is 0 Å². The van der Waals surface area contributed by atoms with Crippen LogP contribution in [0, 0.1) is 0 Å². The summed E-state index contributed by atoms with van der Waals surface area (Å²) in [7, 11) is -3.10. The molecule has 0 heterocycles. The van der Waals surface area contributed by atoms with Gasteiger partial charge in [-0.1, -0.05) is 13.8 Å². The van der Waals surface area contributed by atoms with Crippen LogP contribution in [0.5, 0.6) is 0 Å². The van der Waals surface area contributed by atoms with Gasteiger partial charge in [-0.25, -0.2) is 9.34 Å². The molecule has 112 valence electrons. The first kappa shape index (κ1) is 19.5. The molecule has 0 bridgehead atoms. The molecule has 1 unspecified atom stereocenters. The van der Waals surface area contributed by atoms with Crippen molar-refractivity contribution in [2.75, 3.05) is 37.9 Å². The third-order valence-corrected chi connectivity index (χ3v) is 5.76. The third kappa shape index (κ3) is 6.22. The molecular weight excluding hydrogens is 324 g/mol. The van der Waals surface area contributed by atoms with E-state index in [4.69, 9.17) is 23.2 Å². The van der Waals surface area contributed by atoms with Crippen molar-refractivity contribution in [1.29, 1.82) is 0 Å². The summed E-state index contributed by atoms with van der Waals surface area (Å²) in [5.41, 5.74) is 0. The second kappa shape index (κ2) is 11.2. The number of hydrogen-bond acceptors (Lipinski definition) is 2. The van der Waals surface area contributed by atoms with Crippen molar-refractivity contribution in [1.82, 2.24) is 9.34 Å². The minimum atomic E-state index is -3.10. The Hall–Kier alpha value is 0.530. The Morgan fingerprint density at radius 2 is 1.47 bits per heavy atom. The number of hydrogen-bond donors (Lipinski definition) is 0. The molecule has 19 heavy (non-hydrogen) atoms. The zero-order valence-electron chi connectivity index (χ0n) is 11.5. The fraction of sp³-hybridized carbons (Fsp3) is 0.909. The van der Waals surface area contributed by atoms with E-state index in [1.54, 1.807) is 4.67 Å². The smallest absolute Gasteiger partial charge is 0.261 e. The summed E-state index contributed by atoms with van der Waals surface area (Å²) in [6.07, 6.45) is 1.79. The number of rotatable bonds is 11. The second-order valence-corrected chi connectivity index (χ2v) is 7.29. The molecule has 0 fully saturated rings. The lowest BCUT2D eigenvalue weighted by Gasteiger charge is -2.34. The molecule has 1 atom stereocenters. The molecule has 0 rings (SSSR count). The molecule has 0 N–H and O–H groups in total. The van der Waals surface area contributed by atoms with Gasteiger partial charge in [0.1, 0.15) is 0 Å². The molecule has 0 saturated heterocycles. The predicted molar refractivity (Wildman–Crippen MR) is 87.8 cm³/mol. The summed E-state index contributed by atoms with van der Waals surface area (Å²) in [4.78, 5) is 0. The first-order chi connectivity index (χ1) is 9.10. The predicted octanol–water partition coefficient (Wildman–Crippen LogP) is 4.10. The highest BCUT2D eigenvalue weighted by molar-refractivity contribution is 7.78. The fourth-order valence-electron chi connectivity index (χ4n) is 1.81. The van der Waals surface area contributed by atoms with Crippen LogP contribution in [0.3, 0.4) is 0 Å². The van der Waals surface area contributed by atoms with Crippen molar-refractivity contribution in [3.8, 4) is 0 Å². The van der Waals surface area contributed by atoms with Gasteiger partial charge in [-0.2, -0.15) is 0 Å². The van der Waals surface area contributed by atoms with Crippen LogP contribution in [0.25, 0.3) is 0 Å². The van der Waals surface area contributed by atoms with Crippen molar-refractivity contribution >= 4 is 48.2 Å². The van der Waals surface area contributed by atoms with Crippen LogP contribution in [-0.2, 0) is 4.57 Å². The van der Waals surface area contributed by atoms with Crippen LogP contribution in [0.4, 0.5) is 0 Å². The van der Waals surface area contributed by atoms with Gasteiger partial charge < -0.3 is 0 Å². The Kier molecular flexibility index (Phi) is 11.5. The van der Waals surface area contributed by atoms with Crippen molar-refractivity contribution in [3.05, 3.63) is 0 Å². The van der Waals surface area contributed by atoms with Crippen LogP contribution in [0.15, 0.2) is 4.76 Å². The molecule has 0 spiro atoms. The second-order valence-electron chi connectivity index (χ2n) is 3.99. The summed E-state index contributed by atoms with van der Waals surface area (Å²) >= 11 is 16.2. The van der Waals surface area contributed by atoms with E-state index in [0.29, 0.717) is 37.9 Å². The van der Waals surface area contributed by atoms with Gasteiger partial charge in [-0.3, -0.25) is 4.57 Å². The van der Waals surface area contributed by atoms with Crippen molar-refractivity contribution in [2.24, 2.45) is 4.76 Å². The lowest BCUT2D eigenvalue weighted by molar-refractivity contribution is 0.344. The van der Waals surface area contributed by atoms with E-state index in [1.807, 2.05) is 18.5 Å². The molecule has 0 aliphatic carbocycles. The largest absolute Gasteiger partial charge is 0.338 e. The Morgan fingerprint density at radius 3 is 1.79 bits per heavy atom. The first-order valence-electron chi connectivity index (χ1n) is 6.42. The molecular formula is C11H22Cl2N3OPS. The van der Waals surface area contributed by atoms with Crippen molar-refractivity contribution in [3.63, 3.8) is 0 Å². The SMILES string of the molecule is CCCN(CCC)P(=O)(N=C=S)N(CCCl)CCCl. The Balaban J connectivity index is 5.35. The topological polar surface area (TPSA) is 35.9 Å². The normalized spacial score (nSPS) is 14.4. The lowest BCUT2D eigenvalue weighted by atomic mass is 10.4. The molecule has 0 radical (unpaired) electrons. The maximum Gasteiger partial charge on any atom is 0.338 e. The molecule has 8 heteroatoms. The minimum absolute atomic E-state index is 0.375. The highest BCUT2D eigenvalue weighted by Gasteiger charge is 2.35. The third-order valence-electron chi connectivity index (χ3n) is 2.56. The number of nitrogens with zero attached hydrogens (tertiary/aromatic N) is 3. The fourth-order valence-corrected chi connectivity index (χ4v) is 5.14. The van der Waals surface area contributed by atoms with E-state index in [0.717, 1.165) is 12.8 Å². The number of isothiocyanates is 1. The van der Waals surface area contributed by atoms with Gasteiger partial charge in [0.2, 0.25) is 0 Å². The molecule has 0 amide bonds. The maximum absolute atomic E-state index is 13.2. The van der Waals surface area contributed by atoms with E-state index in [9.17, 15) is 4.57 Å². The zero-order valence-corrected chi connectivity index (χ0v) is 14.7. The average Bonchev–Trinajstić information content (AvgIpc) is 2.38. The minimum Gasteiger partial charge on any atom is -0.261 e. The van der Waals surface area contributed by atoms with Crippen molar-refractivity contribution < 1.29 is 4.57 Å². The van der Waals surface area contributed by atoms with Gasteiger partial charge in [0, 0.05) is 37.9 Å². The summed E-state index contributed by atoms with van der Waals surface area (Å²) < 4.78 is 20.8. The number of halogens is 2. The lowest BCUT2D eigenvalue weighted by Crippen LogP contribution is -2.34. The van der Waals surface area contributed by atoms with Gasteiger partial charge in [0.15, 0.2) is 0 Å². The van der Waals surface area contributed by atoms with Crippen LogP contribution in [-0.4, -0.2) is 52.4 Å². The highest BCUT2D eigenvalue weighted by atomic mass is 35.5. The molecule has 0 aromatic rings. The van der Waals surface area contributed by atoms with Gasteiger partial charge in [-0.15, -0.1) is 28.0 Å². The van der Waals surface area contributed by atoms with Gasteiger partial charge in [0.05, 0.1) is 5.16 Å². The van der Waals surface area contributed by atoms with Gasteiger partial charge in [-0.05, 0) is 25.1 Å². The van der Waals surface area contributed by atoms with E-state index in [-0.39, 0.29) is 0 Å². The summed E-state index contributed by atoms with van der Waals surface area (Å²) in [5.74, 6) is 0.750. The molecule has 0 saturated carbocycles. The van der Waals surface area contributed by atoms with Crippen molar-refractivity contribution in [2.45, 2.75) is 26.7 Å². The van der Waals surface area contributed by atoms with Crippen LogP contribution >= 0.6 is 43.0 Å². The summed E-state index contributed by atoms with van der Waals surface area (Å²) in [6.45, 7) is 6.43. The quantitative estimate of drug-likeness (QED) is 0.244. The Morgan fingerprint density at radius 1 is 1.05 bits per heavy atom. The summed E-state index contributed by atoms with van der Waals surface area (Å²) in [5, 5.41) is 2.28. The van der Waals surface area contributed by atoms with Crippen LogP contribution in [0.1, 0.15) is 26.7 Å². The maximum atomic E-state index is 13.2. The summed E-state index contributed by atoms with van der Waals surface area (Å²) in [6, 6.07) is 0.